The molecule has 1 atom stereocenters. The van der Waals surface area contributed by atoms with Gasteiger partial charge in [-0.25, -0.2) is 0 Å². The number of para-hydroxylation sites is 2. The number of carbonyl (C=O) groups is 1. The van der Waals surface area contributed by atoms with Crippen molar-refractivity contribution in [3.8, 4) is 5.75 Å². The van der Waals surface area contributed by atoms with E-state index < -0.39 is 36.0 Å². The summed E-state index contributed by atoms with van der Waals surface area (Å²) in [6.45, 7) is -1.61. The molecule has 11 heteroatoms. The number of thiocarbonyl (C=S) groups is 1. The Hall–Kier alpha value is -3.21. The van der Waals surface area contributed by atoms with Crippen LogP contribution in [0.4, 0.5) is 27.6 Å². The summed E-state index contributed by atoms with van der Waals surface area (Å²) in [5.74, 6) is -1.07. The van der Waals surface area contributed by atoms with Crippen molar-refractivity contribution in [2.24, 2.45) is 0 Å². The monoisotopic (exact) mass is 457 g/mol. The Morgan fingerprint density at radius 1 is 1.13 bits per heavy atom. The van der Waals surface area contributed by atoms with E-state index >= 15 is 0 Å². The molecule has 164 valence electrons. The van der Waals surface area contributed by atoms with Crippen LogP contribution in [0.3, 0.4) is 0 Å². The van der Waals surface area contributed by atoms with E-state index in [1.165, 1.54) is 37.3 Å². The molecule has 2 aromatic carbocycles. The van der Waals surface area contributed by atoms with Gasteiger partial charge in [0.15, 0.2) is 5.11 Å². The molecule has 0 fully saturated rings. The predicted molar refractivity (Wildman–Crippen MR) is 107 cm³/mol. The van der Waals surface area contributed by atoms with Gasteiger partial charge in [-0.1, -0.05) is 30.3 Å². The molecule has 1 aliphatic rings. The van der Waals surface area contributed by atoms with Crippen LogP contribution in [0.5, 0.6) is 5.75 Å². The molecular weight excluding hydrogens is 441 g/mol. The van der Waals surface area contributed by atoms with Crippen LogP contribution in [0.2, 0.25) is 0 Å². The van der Waals surface area contributed by atoms with Gasteiger partial charge in [-0.05, 0) is 37.3 Å². The molecule has 3 rings (SSSR count). The summed E-state index contributed by atoms with van der Waals surface area (Å²) >= 11 is 5.10. The molecule has 1 aliphatic heterocycles. The maximum atomic E-state index is 13.3. The van der Waals surface area contributed by atoms with E-state index in [1.54, 1.807) is 6.07 Å². The molecule has 0 aliphatic carbocycles. The summed E-state index contributed by atoms with van der Waals surface area (Å²) in [6, 6.07) is 9.22. The van der Waals surface area contributed by atoms with Crippen molar-refractivity contribution in [1.29, 1.82) is 0 Å². The molecule has 1 amide bonds. The highest BCUT2D eigenvalue weighted by Crippen LogP contribution is 2.37. The van der Waals surface area contributed by atoms with Gasteiger partial charge in [0.1, 0.15) is 5.75 Å². The second-order valence-corrected chi connectivity index (χ2v) is 6.89. The smallest absolute Gasteiger partial charge is 0.418 e. The molecule has 0 saturated carbocycles. The number of halogens is 5. The van der Waals surface area contributed by atoms with E-state index in [9.17, 15) is 26.7 Å². The summed E-state index contributed by atoms with van der Waals surface area (Å²) in [7, 11) is 0. The van der Waals surface area contributed by atoms with Gasteiger partial charge in [-0.3, -0.25) is 4.79 Å². The molecule has 5 nitrogen and oxygen atoms in total. The normalized spacial score (nSPS) is 16.6. The van der Waals surface area contributed by atoms with Crippen molar-refractivity contribution in [3.63, 3.8) is 0 Å². The first-order valence-corrected chi connectivity index (χ1v) is 9.28. The van der Waals surface area contributed by atoms with Gasteiger partial charge in [0.25, 0.3) is 5.91 Å². The highest BCUT2D eigenvalue weighted by atomic mass is 32.1. The Morgan fingerprint density at radius 3 is 2.45 bits per heavy atom. The number of carbonyl (C=O) groups excluding carboxylic acids is 1. The predicted octanol–water partition coefficient (Wildman–Crippen LogP) is 4.74. The summed E-state index contributed by atoms with van der Waals surface area (Å²) < 4.78 is 70.1. The highest BCUT2D eigenvalue weighted by Gasteiger charge is 2.36. The Kier molecular flexibility index (Phi) is 6.44. The first kappa shape index (κ1) is 22.5. The Balaban J connectivity index is 2.02. The summed E-state index contributed by atoms with van der Waals surface area (Å²) in [5.41, 5.74) is -1.07. The number of benzene rings is 2. The van der Waals surface area contributed by atoms with E-state index in [1.807, 2.05) is 0 Å². The van der Waals surface area contributed by atoms with Crippen molar-refractivity contribution in [1.82, 2.24) is 10.6 Å². The minimum Gasteiger partial charge on any atom is -0.434 e. The minimum absolute atomic E-state index is 0.0316. The Bertz CT molecular complexity index is 1040. The molecule has 1 heterocycles. The van der Waals surface area contributed by atoms with E-state index in [4.69, 9.17) is 12.2 Å². The average molecular weight is 457 g/mol. The van der Waals surface area contributed by atoms with Gasteiger partial charge in [0.05, 0.1) is 22.9 Å². The second kappa shape index (κ2) is 8.88. The van der Waals surface area contributed by atoms with Crippen LogP contribution in [0, 0.1) is 0 Å². The first-order valence-electron chi connectivity index (χ1n) is 8.87. The molecule has 0 spiro atoms. The summed E-state index contributed by atoms with van der Waals surface area (Å²) in [5, 5.41) is 7.90. The summed E-state index contributed by atoms with van der Waals surface area (Å²) in [6.07, 6.45) is -4.69. The lowest BCUT2D eigenvalue weighted by Crippen LogP contribution is -2.46. The van der Waals surface area contributed by atoms with Crippen LogP contribution in [0.1, 0.15) is 24.1 Å². The standard InChI is InChI=1S/C20H16F5N3O2S/c1-10-15(17(29)27-13-8-4-3-7-12(13)20(23,24)25)16(28-19(31)26-10)11-6-2-5-9-14(11)30-18(21)22/h2-9,16,18H,1H3,(H,27,29)(H2,26,28,31)/t16-/m0/s1. The third-order valence-corrected chi connectivity index (χ3v) is 4.66. The first-order chi connectivity index (χ1) is 14.6. The number of allylic oxidation sites excluding steroid dienone is 1. The number of hydrogen-bond acceptors (Lipinski definition) is 3. The van der Waals surface area contributed by atoms with Crippen LogP contribution >= 0.6 is 12.2 Å². The molecule has 31 heavy (non-hydrogen) atoms. The lowest BCUT2D eigenvalue weighted by molar-refractivity contribution is -0.137. The highest BCUT2D eigenvalue weighted by molar-refractivity contribution is 7.80. The zero-order chi connectivity index (χ0) is 22.8. The number of ether oxygens (including phenoxy) is 1. The lowest BCUT2D eigenvalue weighted by Gasteiger charge is -2.31. The molecule has 0 unspecified atom stereocenters. The van der Waals surface area contributed by atoms with Crippen molar-refractivity contribution in [3.05, 3.63) is 70.9 Å². The van der Waals surface area contributed by atoms with Crippen molar-refractivity contribution < 1.29 is 31.5 Å². The molecule has 2 aromatic rings. The fourth-order valence-electron chi connectivity index (χ4n) is 3.18. The molecular formula is C20H16F5N3O2S. The van der Waals surface area contributed by atoms with Crippen molar-refractivity contribution >= 4 is 28.9 Å². The lowest BCUT2D eigenvalue weighted by atomic mass is 9.94. The van der Waals surface area contributed by atoms with E-state index in [2.05, 4.69) is 20.7 Å². The Morgan fingerprint density at radius 2 is 1.77 bits per heavy atom. The maximum Gasteiger partial charge on any atom is 0.418 e. The zero-order valence-corrected chi connectivity index (χ0v) is 16.7. The number of alkyl halides is 5. The van der Waals surface area contributed by atoms with Crippen LogP contribution in [0.25, 0.3) is 0 Å². The van der Waals surface area contributed by atoms with Crippen molar-refractivity contribution in [2.75, 3.05) is 5.32 Å². The summed E-state index contributed by atoms with van der Waals surface area (Å²) in [4.78, 5) is 13.0. The van der Waals surface area contributed by atoms with E-state index in [0.717, 1.165) is 12.1 Å². The number of amides is 1. The van der Waals surface area contributed by atoms with Crippen molar-refractivity contribution in [2.45, 2.75) is 25.8 Å². The Labute approximate surface area is 179 Å². The fourth-order valence-corrected chi connectivity index (χ4v) is 3.45. The van der Waals surface area contributed by atoms with Gasteiger partial charge >= 0.3 is 12.8 Å². The largest absolute Gasteiger partial charge is 0.434 e. The average Bonchev–Trinajstić information content (AvgIpc) is 2.66. The quantitative estimate of drug-likeness (QED) is 0.447. The molecule has 0 radical (unpaired) electrons. The van der Waals surface area contributed by atoms with Gasteiger partial charge in [-0.15, -0.1) is 0 Å². The van der Waals surface area contributed by atoms with E-state index in [0.29, 0.717) is 0 Å². The SMILES string of the molecule is CC1=C(C(=O)Nc2ccccc2C(F)(F)F)[C@H](c2ccccc2OC(F)F)NC(=S)N1. The minimum atomic E-state index is -4.69. The molecule has 0 bridgehead atoms. The number of hydrogen-bond donors (Lipinski definition) is 3. The van der Waals surface area contributed by atoms with Crippen LogP contribution in [-0.4, -0.2) is 17.6 Å². The second-order valence-electron chi connectivity index (χ2n) is 6.48. The van der Waals surface area contributed by atoms with Crippen LogP contribution < -0.4 is 20.7 Å². The van der Waals surface area contributed by atoms with Gasteiger partial charge < -0.3 is 20.7 Å². The molecule has 0 saturated heterocycles. The van der Waals surface area contributed by atoms with Gasteiger partial charge in [-0.2, -0.15) is 22.0 Å². The molecule has 3 N–H and O–H groups in total. The molecule has 0 aromatic heterocycles. The van der Waals surface area contributed by atoms with Crippen LogP contribution in [0.15, 0.2) is 59.8 Å². The fraction of sp³-hybridized carbons (Fsp3) is 0.200. The number of nitrogens with one attached hydrogen (secondary N) is 3. The third kappa shape index (κ3) is 5.10. The zero-order valence-electron chi connectivity index (χ0n) is 15.9. The maximum absolute atomic E-state index is 13.3. The van der Waals surface area contributed by atoms with E-state index in [-0.39, 0.29) is 27.7 Å². The number of anilines is 1. The van der Waals surface area contributed by atoms with Gasteiger partial charge in [0.2, 0.25) is 0 Å². The third-order valence-electron chi connectivity index (χ3n) is 4.44. The topological polar surface area (TPSA) is 62.4 Å². The van der Waals surface area contributed by atoms with Crippen LogP contribution in [-0.2, 0) is 11.0 Å². The van der Waals surface area contributed by atoms with Gasteiger partial charge in [0, 0.05) is 11.3 Å². The number of rotatable bonds is 5.